The molecular formula is C15H21N3O. The molecule has 1 aromatic rings. The van der Waals surface area contributed by atoms with Crippen molar-refractivity contribution >= 4 is 23.0 Å². The van der Waals surface area contributed by atoms with E-state index in [1.807, 2.05) is 12.1 Å². The Bertz CT molecular complexity index is 520. The summed E-state index contributed by atoms with van der Waals surface area (Å²) in [6, 6.07) is 3.88. The van der Waals surface area contributed by atoms with Gasteiger partial charge in [0.25, 0.3) is 0 Å². The third kappa shape index (κ3) is 2.39. The van der Waals surface area contributed by atoms with E-state index < -0.39 is 0 Å². The second-order valence-electron chi connectivity index (χ2n) is 5.93. The lowest BCUT2D eigenvalue weighted by Gasteiger charge is -2.17. The van der Waals surface area contributed by atoms with Crippen molar-refractivity contribution in [3.05, 3.63) is 17.7 Å². The largest absolute Gasteiger partial charge is 0.397 e. The Morgan fingerprint density at radius 1 is 1.42 bits per heavy atom. The molecule has 1 aromatic carbocycles. The van der Waals surface area contributed by atoms with Crippen molar-refractivity contribution in [2.75, 3.05) is 22.9 Å². The zero-order chi connectivity index (χ0) is 13.5. The van der Waals surface area contributed by atoms with E-state index in [1.165, 1.54) is 25.7 Å². The molecular weight excluding hydrogens is 238 g/mol. The highest BCUT2D eigenvalue weighted by atomic mass is 16.1. The normalized spacial score (nSPS) is 18.9. The average Bonchev–Trinajstić information content (AvgIpc) is 3.02. The van der Waals surface area contributed by atoms with E-state index in [0.29, 0.717) is 11.8 Å². The summed E-state index contributed by atoms with van der Waals surface area (Å²) in [7, 11) is 0. The van der Waals surface area contributed by atoms with Crippen LogP contribution >= 0.6 is 0 Å². The van der Waals surface area contributed by atoms with Gasteiger partial charge in [0.1, 0.15) is 0 Å². The molecule has 0 spiro atoms. The minimum atomic E-state index is 0.0520. The fourth-order valence-electron chi connectivity index (χ4n) is 2.95. The van der Waals surface area contributed by atoms with Crippen molar-refractivity contribution in [3.8, 4) is 0 Å². The van der Waals surface area contributed by atoms with Gasteiger partial charge in [0.2, 0.25) is 5.91 Å². The lowest BCUT2D eigenvalue weighted by molar-refractivity contribution is -0.115. The number of nitrogens with two attached hydrogens (primary N) is 1. The highest BCUT2D eigenvalue weighted by Crippen LogP contribution is 2.49. The Hall–Kier alpha value is -1.71. The fourth-order valence-corrected chi connectivity index (χ4v) is 2.95. The van der Waals surface area contributed by atoms with Gasteiger partial charge in [-0.15, -0.1) is 0 Å². The molecule has 4 heteroatoms. The van der Waals surface area contributed by atoms with Gasteiger partial charge in [0, 0.05) is 12.2 Å². The zero-order valence-corrected chi connectivity index (χ0v) is 11.4. The van der Waals surface area contributed by atoms with Crippen LogP contribution in [0.15, 0.2) is 12.1 Å². The number of carbonyl (C=O) groups is 1. The number of hydrogen-bond acceptors (Lipinski definition) is 3. The van der Waals surface area contributed by atoms with E-state index in [-0.39, 0.29) is 5.91 Å². The Morgan fingerprint density at radius 2 is 2.21 bits per heavy atom. The third-order valence-corrected chi connectivity index (χ3v) is 4.29. The number of nitrogens with one attached hydrogen (secondary N) is 2. The molecule has 4 N–H and O–H groups in total. The number of anilines is 3. The first-order chi connectivity index (χ1) is 9.12. The third-order valence-electron chi connectivity index (χ3n) is 4.29. The number of rotatable bonds is 5. The van der Waals surface area contributed by atoms with Crippen molar-refractivity contribution in [2.24, 2.45) is 5.41 Å². The van der Waals surface area contributed by atoms with Crippen LogP contribution in [0.1, 0.15) is 38.2 Å². The van der Waals surface area contributed by atoms with Crippen molar-refractivity contribution in [1.82, 2.24) is 0 Å². The first-order valence-electron chi connectivity index (χ1n) is 7.08. The standard InChI is InChI=1S/C15H21N3O/c1-2-3-15(4-5-15)9-17-13-8-12-10(6-11(13)16)7-14(19)18-12/h6,8,17H,2-5,7,9,16H2,1H3,(H,18,19). The second kappa shape index (κ2) is 4.44. The number of amides is 1. The molecule has 0 unspecified atom stereocenters. The summed E-state index contributed by atoms with van der Waals surface area (Å²) in [5.41, 5.74) is 10.1. The maximum Gasteiger partial charge on any atom is 0.228 e. The first kappa shape index (κ1) is 12.3. The van der Waals surface area contributed by atoms with Gasteiger partial charge in [-0.3, -0.25) is 4.79 Å². The van der Waals surface area contributed by atoms with Crippen LogP contribution in [-0.4, -0.2) is 12.5 Å². The van der Waals surface area contributed by atoms with Crippen LogP contribution in [0.2, 0.25) is 0 Å². The van der Waals surface area contributed by atoms with E-state index >= 15 is 0 Å². The minimum absolute atomic E-state index is 0.0520. The van der Waals surface area contributed by atoms with E-state index in [4.69, 9.17) is 5.73 Å². The lowest BCUT2D eigenvalue weighted by atomic mass is 10.0. The molecule has 1 amide bonds. The molecule has 102 valence electrons. The predicted molar refractivity (Wildman–Crippen MR) is 78.3 cm³/mol. The molecule has 1 saturated carbocycles. The van der Waals surface area contributed by atoms with Crippen LogP contribution in [0.5, 0.6) is 0 Å². The maximum atomic E-state index is 11.4. The summed E-state index contributed by atoms with van der Waals surface area (Å²) < 4.78 is 0. The van der Waals surface area contributed by atoms with E-state index in [9.17, 15) is 4.79 Å². The molecule has 3 rings (SSSR count). The Morgan fingerprint density at radius 3 is 2.89 bits per heavy atom. The zero-order valence-electron chi connectivity index (χ0n) is 11.4. The number of fused-ring (bicyclic) bond motifs is 1. The minimum Gasteiger partial charge on any atom is -0.397 e. The predicted octanol–water partition coefficient (Wildman–Crippen LogP) is 2.76. The summed E-state index contributed by atoms with van der Waals surface area (Å²) in [5, 5.41) is 6.34. The van der Waals surface area contributed by atoms with E-state index in [2.05, 4.69) is 17.6 Å². The van der Waals surface area contributed by atoms with Gasteiger partial charge in [-0.2, -0.15) is 0 Å². The summed E-state index contributed by atoms with van der Waals surface area (Å²) in [6.45, 7) is 3.22. The number of carbonyl (C=O) groups excluding carboxylic acids is 1. The molecule has 0 aromatic heterocycles. The van der Waals surface area contributed by atoms with Gasteiger partial charge in [0.05, 0.1) is 17.8 Å². The molecule has 4 nitrogen and oxygen atoms in total. The van der Waals surface area contributed by atoms with Gasteiger partial charge in [-0.05, 0) is 42.4 Å². The molecule has 19 heavy (non-hydrogen) atoms. The molecule has 0 atom stereocenters. The van der Waals surface area contributed by atoms with Crippen LogP contribution in [-0.2, 0) is 11.2 Å². The van der Waals surface area contributed by atoms with Crippen LogP contribution in [0.25, 0.3) is 0 Å². The monoisotopic (exact) mass is 259 g/mol. The van der Waals surface area contributed by atoms with Crippen LogP contribution < -0.4 is 16.4 Å². The maximum absolute atomic E-state index is 11.4. The van der Waals surface area contributed by atoms with Crippen molar-refractivity contribution in [2.45, 2.75) is 39.0 Å². The van der Waals surface area contributed by atoms with Crippen LogP contribution in [0, 0.1) is 5.41 Å². The van der Waals surface area contributed by atoms with Gasteiger partial charge >= 0.3 is 0 Å². The van der Waals surface area contributed by atoms with Gasteiger partial charge in [0.15, 0.2) is 0 Å². The molecule has 0 bridgehead atoms. The SMILES string of the molecule is CCCC1(CNc2cc3c(cc2N)CC(=O)N3)CC1. The summed E-state index contributed by atoms with van der Waals surface area (Å²) in [6.07, 6.45) is 5.59. The van der Waals surface area contributed by atoms with E-state index in [1.54, 1.807) is 0 Å². The lowest BCUT2D eigenvalue weighted by Crippen LogP contribution is -2.16. The van der Waals surface area contributed by atoms with Crippen LogP contribution in [0.3, 0.4) is 0 Å². The smallest absolute Gasteiger partial charge is 0.228 e. The molecule has 1 fully saturated rings. The number of nitrogen functional groups attached to an aromatic ring is 1. The summed E-state index contributed by atoms with van der Waals surface area (Å²) >= 11 is 0. The number of benzene rings is 1. The summed E-state index contributed by atoms with van der Waals surface area (Å²) in [4.78, 5) is 11.4. The number of hydrogen-bond donors (Lipinski definition) is 3. The highest BCUT2D eigenvalue weighted by molar-refractivity contribution is 6.00. The molecule has 2 aliphatic rings. The molecule has 1 aliphatic heterocycles. The molecule has 1 aliphatic carbocycles. The quantitative estimate of drug-likeness (QED) is 0.712. The Kier molecular flexibility index (Phi) is 2.88. The van der Waals surface area contributed by atoms with Crippen molar-refractivity contribution in [1.29, 1.82) is 0 Å². The topological polar surface area (TPSA) is 67.1 Å². The molecule has 0 radical (unpaired) electrons. The van der Waals surface area contributed by atoms with E-state index in [0.717, 1.165) is 29.2 Å². The summed E-state index contributed by atoms with van der Waals surface area (Å²) in [5.74, 6) is 0.0520. The van der Waals surface area contributed by atoms with Crippen molar-refractivity contribution in [3.63, 3.8) is 0 Å². The van der Waals surface area contributed by atoms with Gasteiger partial charge in [-0.25, -0.2) is 0 Å². The highest BCUT2D eigenvalue weighted by Gasteiger charge is 2.41. The van der Waals surface area contributed by atoms with Crippen molar-refractivity contribution < 1.29 is 4.79 Å². The van der Waals surface area contributed by atoms with Gasteiger partial charge < -0.3 is 16.4 Å². The Labute approximate surface area is 113 Å². The van der Waals surface area contributed by atoms with Gasteiger partial charge in [-0.1, -0.05) is 13.3 Å². The Balaban J connectivity index is 1.72. The molecule has 0 saturated heterocycles. The average molecular weight is 259 g/mol. The fraction of sp³-hybridized carbons (Fsp3) is 0.533. The van der Waals surface area contributed by atoms with Crippen LogP contribution in [0.4, 0.5) is 17.1 Å². The molecule has 1 heterocycles. The second-order valence-corrected chi connectivity index (χ2v) is 5.93. The first-order valence-corrected chi connectivity index (χ1v) is 7.08.